The first-order chi connectivity index (χ1) is 21.9. The van der Waals surface area contributed by atoms with Gasteiger partial charge in [-0.3, -0.25) is 0 Å². The van der Waals surface area contributed by atoms with Crippen LogP contribution in [0, 0.1) is 0 Å². The summed E-state index contributed by atoms with van der Waals surface area (Å²) in [6, 6.07) is 13.5. The average molecular weight is 787 g/mol. The van der Waals surface area contributed by atoms with Crippen molar-refractivity contribution >= 4 is 31.8 Å². The number of hydrogen-bond acceptors (Lipinski definition) is 4. The van der Waals surface area contributed by atoms with Crippen molar-refractivity contribution in [1.29, 1.82) is 0 Å². The van der Waals surface area contributed by atoms with Crippen LogP contribution in [0.1, 0.15) is 32.6 Å². The molecule has 49 heavy (non-hydrogen) atoms. The van der Waals surface area contributed by atoms with Gasteiger partial charge in [0.1, 0.15) is 17.3 Å². The van der Waals surface area contributed by atoms with Gasteiger partial charge in [-0.05, 0) is 54.3 Å². The Kier molecular flexibility index (Phi) is 12.2. The first-order valence-electron chi connectivity index (χ1n) is 13.4. The number of halogens is 17. The molecule has 2 aromatic carbocycles. The van der Waals surface area contributed by atoms with Gasteiger partial charge in [0.2, 0.25) is 0 Å². The van der Waals surface area contributed by atoms with Gasteiger partial charge in [0.25, 0.3) is 0 Å². The van der Waals surface area contributed by atoms with E-state index in [9.17, 15) is 87.6 Å². The number of unbranched alkanes of at least 4 members (excludes halogenated alkanes) is 1. The van der Waals surface area contributed by atoms with Gasteiger partial charge in [0.05, 0.1) is 6.61 Å². The Bertz CT molecular complexity index is 1550. The molecule has 0 aromatic heterocycles. The maximum atomic E-state index is 13.0. The van der Waals surface area contributed by atoms with E-state index in [4.69, 9.17) is 4.74 Å². The molecule has 2 aromatic rings. The summed E-state index contributed by atoms with van der Waals surface area (Å²) in [5.74, 6) is -48.4. The van der Waals surface area contributed by atoms with E-state index in [0.717, 1.165) is 18.8 Å². The van der Waals surface area contributed by atoms with Gasteiger partial charge in [0.15, 0.2) is 15.0 Å². The molecule has 3 rings (SSSR count). The fourth-order valence-corrected chi connectivity index (χ4v) is 6.78. The van der Waals surface area contributed by atoms with Crippen molar-refractivity contribution in [2.45, 2.75) is 84.5 Å². The molecule has 4 nitrogen and oxygen atoms in total. The fraction of sp³-hybridized carbons (Fsp3) is 0.615. The molecule has 1 fully saturated rings. The molecule has 0 amide bonds. The maximum Gasteiger partial charge on any atom is 0.460 e. The maximum absolute atomic E-state index is 13.0. The van der Waals surface area contributed by atoms with Crippen molar-refractivity contribution in [3.05, 3.63) is 36.4 Å². The highest BCUT2D eigenvalue weighted by molar-refractivity contribution is 7.97. The highest BCUT2D eigenvalue weighted by Gasteiger charge is 2.95. The molecule has 0 atom stereocenters. The molecule has 0 aliphatic carbocycles. The summed E-state index contributed by atoms with van der Waals surface area (Å²) in [7, 11) is -7.63. The van der Waals surface area contributed by atoms with Gasteiger partial charge in [-0.1, -0.05) is 19.4 Å². The van der Waals surface area contributed by atoms with Crippen molar-refractivity contribution in [2.24, 2.45) is 0 Å². The summed E-state index contributed by atoms with van der Waals surface area (Å²) in [4.78, 5) is 1.55. The van der Waals surface area contributed by atoms with Crippen LogP contribution in [0.25, 0.3) is 10.8 Å². The summed E-state index contributed by atoms with van der Waals surface area (Å²) < 4.78 is 250. The van der Waals surface area contributed by atoms with Crippen LogP contribution in [0.4, 0.5) is 74.6 Å². The van der Waals surface area contributed by atoms with E-state index < -0.39 is 57.1 Å². The van der Waals surface area contributed by atoms with Gasteiger partial charge >= 0.3 is 47.0 Å². The van der Waals surface area contributed by atoms with Crippen LogP contribution < -0.4 is 4.74 Å². The van der Waals surface area contributed by atoms with E-state index in [1.54, 1.807) is 4.90 Å². The fourth-order valence-electron chi connectivity index (χ4n) is 4.00. The second kappa shape index (κ2) is 13.9. The molecule has 1 saturated heterocycles. The van der Waals surface area contributed by atoms with Crippen molar-refractivity contribution in [3.8, 4) is 5.75 Å². The van der Waals surface area contributed by atoms with Crippen LogP contribution in [0.3, 0.4) is 0 Å². The third-order valence-corrected chi connectivity index (χ3v) is 10.3. The van der Waals surface area contributed by atoms with Gasteiger partial charge in [-0.15, -0.1) is 0 Å². The Balaban J connectivity index is 0.000000360. The standard InChI is InChI=1S/C18H23OS.C8HF17O3S/c1-2-3-10-19-17-8-6-16-14-18(9-7-15(16)13-17)20-11-4-5-12-20;9-1(10,3(13,14)5(17,18)7(21,22)23)2(11,12)4(15,16)6(19,20)8(24,25)29(26,27)28/h6-9,13-14H,2-5,10-12H2,1H3;(H,26,27,28)/q+1;/p-1. The molecule has 282 valence electrons. The Labute approximate surface area is 269 Å². The zero-order chi connectivity index (χ0) is 38.3. The quantitative estimate of drug-likeness (QED) is 0.0932. The smallest absolute Gasteiger partial charge is 0.460 e. The van der Waals surface area contributed by atoms with E-state index >= 15 is 0 Å². The van der Waals surface area contributed by atoms with Crippen LogP contribution in [-0.4, -0.2) is 78.0 Å². The van der Waals surface area contributed by atoms with Crippen molar-refractivity contribution in [2.75, 3.05) is 18.1 Å². The second-order valence-corrected chi connectivity index (χ2v) is 14.1. The number of hydrogen-bond donors (Lipinski definition) is 0. The lowest BCUT2D eigenvalue weighted by Crippen LogP contribution is -2.75. The highest BCUT2D eigenvalue weighted by Crippen LogP contribution is 2.64. The lowest BCUT2D eigenvalue weighted by Gasteiger charge is -2.42. The number of benzene rings is 2. The van der Waals surface area contributed by atoms with Crippen molar-refractivity contribution in [3.63, 3.8) is 0 Å². The van der Waals surface area contributed by atoms with Gasteiger partial charge in [0, 0.05) is 17.0 Å². The zero-order valence-electron chi connectivity index (χ0n) is 24.3. The molecular weight excluding hydrogens is 763 g/mol. The summed E-state index contributed by atoms with van der Waals surface area (Å²) in [5.41, 5.74) is 0. The Morgan fingerprint density at radius 2 is 1.08 bits per heavy atom. The normalized spacial score (nSPS) is 16.5. The minimum absolute atomic E-state index is 0.511. The molecule has 0 bridgehead atoms. The van der Waals surface area contributed by atoms with E-state index in [0.29, 0.717) is 10.9 Å². The highest BCUT2D eigenvalue weighted by atomic mass is 32.2. The van der Waals surface area contributed by atoms with Crippen molar-refractivity contribution in [1.82, 2.24) is 0 Å². The third-order valence-electron chi connectivity index (χ3n) is 6.92. The second-order valence-electron chi connectivity index (χ2n) is 10.4. The van der Waals surface area contributed by atoms with E-state index in [2.05, 4.69) is 43.3 Å². The van der Waals surface area contributed by atoms with Gasteiger partial charge < -0.3 is 9.29 Å². The number of ether oxygens (including phenoxy) is 1. The molecule has 0 unspecified atom stereocenters. The Morgan fingerprint density at radius 3 is 1.53 bits per heavy atom. The van der Waals surface area contributed by atoms with Crippen LogP contribution in [0.15, 0.2) is 41.3 Å². The monoisotopic (exact) mass is 786 g/mol. The molecule has 0 spiro atoms. The molecule has 0 N–H and O–H groups in total. The molecule has 23 heteroatoms. The van der Waals surface area contributed by atoms with E-state index in [1.165, 1.54) is 41.5 Å². The predicted molar refractivity (Wildman–Crippen MR) is 139 cm³/mol. The van der Waals surface area contributed by atoms with Crippen molar-refractivity contribution < 1.29 is 92.3 Å². The zero-order valence-corrected chi connectivity index (χ0v) is 25.9. The summed E-state index contributed by atoms with van der Waals surface area (Å²) in [5, 5.41) is -5.31. The topological polar surface area (TPSA) is 66.4 Å². The molecule has 0 saturated carbocycles. The Morgan fingerprint density at radius 1 is 0.653 bits per heavy atom. The lowest BCUT2D eigenvalue weighted by molar-refractivity contribution is -0.458. The Hall–Kier alpha value is -2.43. The van der Waals surface area contributed by atoms with Crippen LogP contribution >= 0.6 is 0 Å². The van der Waals surface area contributed by atoms with Gasteiger partial charge in [-0.25, -0.2) is 8.42 Å². The molecule has 1 aliphatic rings. The third kappa shape index (κ3) is 7.48. The largest absolute Gasteiger partial charge is 0.743 e. The summed E-state index contributed by atoms with van der Waals surface area (Å²) >= 11 is 0. The lowest BCUT2D eigenvalue weighted by atomic mass is 9.91. The molecular formula is C26H23F17O4S2. The summed E-state index contributed by atoms with van der Waals surface area (Å²) in [6.45, 7) is 3.01. The number of rotatable bonds is 12. The molecule has 0 radical (unpaired) electrons. The van der Waals surface area contributed by atoms with Crippen LogP contribution in [-0.2, 0) is 21.0 Å². The number of fused-ring (bicyclic) bond motifs is 1. The first kappa shape index (κ1) is 42.7. The summed E-state index contributed by atoms with van der Waals surface area (Å²) in [6.07, 6.45) is -2.77. The van der Waals surface area contributed by atoms with E-state index in [-0.39, 0.29) is 0 Å². The predicted octanol–water partition coefficient (Wildman–Crippen LogP) is 9.29. The number of alkyl halides is 17. The first-order valence-corrected chi connectivity index (χ1v) is 16.3. The SMILES string of the molecule is CCCCOc1ccc2cc([S+]3CCCC3)ccc2c1.O=S(=O)([O-])C(F)(F)C(F)(F)C(F)(F)C(F)(F)C(F)(F)C(F)(F)C(F)(F)C(F)(F)F. The molecule has 1 aliphatic heterocycles. The average Bonchev–Trinajstić information content (AvgIpc) is 3.51. The van der Waals surface area contributed by atoms with E-state index in [1.807, 2.05) is 0 Å². The van der Waals surface area contributed by atoms with Crippen LogP contribution in [0.2, 0.25) is 0 Å². The van der Waals surface area contributed by atoms with Crippen LogP contribution in [0.5, 0.6) is 5.75 Å². The van der Waals surface area contributed by atoms with Gasteiger partial charge in [-0.2, -0.15) is 74.6 Å². The minimum Gasteiger partial charge on any atom is -0.743 e. The minimum atomic E-state index is -8.92. The molecule has 1 heterocycles.